The zero-order chi connectivity index (χ0) is 9.38. The number of nitrogens with zero attached hydrogens (tertiary/aromatic N) is 1. The van der Waals surface area contributed by atoms with E-state index in [1.807, 2.05) is 18.5 Å². The lowest BCUT2D eigenvalue weighted by atomic mass is 10.1. The molecule has 3 rings (SSSR count). The Balaban J connectivity index is 2.23. The molecular formula is C11H8N2S. The van der Waals surface area contributed by atoms with Gasteiger partial charge >= 0.3 is 0 Å². The first-order valence-electron chi connectivity index (χ1n) is 4.42. The van der Waals surface area contributed by atoms with Crippen molar-refractivity contribution in [3.63, 3.8) is 0 Å². The lowest BCUT2D eigenvalue weighted by Crippen LogP contribution is -1.72. The maximum atomic E-state index is 4.10. The van der Waals surface area contributed by atoms with Crippen molar-refractivity contribution in [1.29, 1.82) is 0 Å². The highest BCUT2D eigenvalue weighted by atomic mass is 32.1. The molecule has 0 fully saturated rings. The van der Waals surface area contributed by atoms with Gasteiger partial charge in [-0.25, -0.2) is 4.37 Å². The Labute approximate surface area is 85.4 Å². The molecule has 0 saturated carbocycles. The monoisotopic (exact) mass is 200 g/mol. The Hall–Kier alpha value is -1.61. The molecule has 14 heavy (non-hydrogen) atoms. The largest absolute Gasteiger partial charge is 0.361 e. The summed E-state index contributed by atoms with van der Waals surface area (Å²) in [6.45, 7) is 0. The van der Waals surface area contributed by atoms with Gasteiger partial charge in [-0.1, -0.05) is 12.1 Å². The van der Waals surface area contributed by atoms with Crippen molar-refractivity contribution in [3.05, 3.63) is 42.7 Å². The van der Waals surface area contributed by atoms with Crippen LogP contribution in [0.15, 0.2) is 42.7 Å². The highest BCUT2D eigenvalue weighted by Gasteiger charge is 2.00. The van der Waals surface area contributed by atoms with Crippen molar-refractivity contribution < 1.29 is 0 Å². The highest BCUT2D eigenvalue weighted by molar-refractivity contribution is 7.09. The summed E-state index contributed by atoms with van der Waals surface area (Å²) < 4.78 is 4.10. The van der Waals surface area contributed by atoms with E-state index in [9.17, 15) is 0 Å². The summed E-state index contributed by atoms with van der Waals surface area (Å²) in [6.07, 6.45) is 3.79. The van der Waals surface area contributed by atoms with Crippen LogP contribution in [0.1, 0.15) is 0 Å². The first-order valence-corrected chi connectivity index (χ1v) is 5.19. The number of benzene rings is 1. The number of aromatic amines is 1. The van der Waals surface area contributed by atoms with Gasteiger partial charge in [0.25, 0.3) is 0 Å². The lowest BCUT2D eigenvalue weighted by Gasteiger charge is -1.96. The van der Waals surface area contributed by atoms with Crippen LogP contribution in [0, 0.1) is 0 Å². The Morgan fingerprint density at radius 1 is 1.14 bits per heavy atom. The SMILES string of the molecule is c1cc(-c2ccc3cc[nH]c3c2)sn1. The van der Waals surface area contributed by atoms with Crippen LogP contribution < -0.4 is 0 Å². The fraction of sp³-hybridized carbons (Fsp3) is 0. The van der Waals surface area contributed by atoms with E-state index in [0.29, 0.717) is 0 Å². The molecule has 0 spiro atoms. The number of hydrogen-bond acceptors (Lipinski definition) is 2. The minimum absolute atomic E-state index is 1.18. The van der Waals surface area contributed by atoms with Crippen molar-refractivity contribution >= 4 is 22.4 Å². The van der Waals surface area contributed by atoms with Crippen molar-refractivity contribution in [1.82, 2.24) is 9.36 Å². The van der Waals surface area contributed by atoms with Gasteiger partial charge in [0.1, 0.15) is 0 Å². The minimum Gasteiger partial charge on any atom is -0.361 e. The average Bonchev–Trinajstić information content (AvgIpc) is 2.88. The summed E-state index contributed by atoms with van der Waals surface area (Å²) >= 11 is 1.52. The summed E-state index contributed by atoms with van der Waals surface area (Å²) in [5.41, 5.74) is 2.40. The lowest BCUT2D eigenvalue weighted by molar-refractivity contribution is 1.48. The van der Waals surface area contributed by atoms with Gasteiger partial charge < -0.3 is 4.98 Å². The summed E-state index contributed by atoms with van der Waals surface area (Å²) in [5.74, 6) is 0. The van der Waals surface area contributed by atoms with Crippen LogP contribution in [0.2, 0.25) is 0 Å². The molecule has 1 N–H and O–H groups in total. The number of nitrogens with one attached hydrogen (secondary N) is 1. The number of rotatable bonds is 1. The molecule has 2 heterocycles. The van der Waals surface area contributed by atoms with E-state index in [2.05, 4.69) is 33.6 Å². The van der Waals surface area contributed by atoms with E-state index < -0.39 is 0 Å². The van der Waals surface area contributed by atoms with Crippen LogP contribution in [0.25, 0.3) is 21.3 Å². The van der Waals surface area contributed by atoms with Gasteiger partial charge in [0, 0.05) is 17.9 Å². The fourth-order valence-corrected chi connectivity index (χ4v) is 2.16. The van der Waals surface area contributed by atoms with Crippen LogP contribution in [-0.2, 0) is 0 Å². The minimum atomic E-state index is 1.18. The molecule has 68 valence electrons. The number of aromatic nitrogens is 2. The molecule has 0 aliphatic carbocycles. The van der Waals surface area contributed by atoms with Crippen LogP contribution in [0.4, 0.5) is 0 Å². The third-order valence-corrected chi connectivity index (χ3v) is 3.07. The molecule has 0 aliphatic heterocycles. The Morgan fingerprint density at radius 3 is 3.00 bits per heavy atom. The topological polar surface area (TPSA) is 28.7 Å². The second-order valence-electron chi connectivity index (χ2n) is 3.16. The maximum absolute atomic E-state index is 4.10. The van der Waals surface area contributed by atoms with E-state index in [1.54, 1.807) is 0 Å². The Morgan fingerprint density at radius 2 is 2.14 bits per heavy atom. The molecule has 2 aromatic heterocycles. The fourth-order valence-electron chi connectivity index (χ4n) is 1.57. The van der Waals surface area contributed by atoms with Gasteiger partial charge in [-0.15, -0.1) is 0 Å². The van der Waals surface area contributed by atoms with E-state index >= 15 is 0 Å². The Kier molecular flexibility index (Phi) is 1.64. The van der Waals surface area contributed by atoms with E-state index in [0.717, 1.165) is 0 Å². The number of hydrogen-bond donors (Lipinski definition) is 1. The van der Waals surface area contributed by atoms with Gasteiger partial charge in [-0.2, -0.15) is 0 Å². The van der Waals surface area contributed by atoms with Crippen LogP contribution in [-0.4, -0.2) is 9.36 Å². The van der Waals surface area contributed by atoms with Gasteiger partial charge in [0.2, 0.25) is 0 Å². The van der Waals surface area contributed by atoms with Gasteiger partial charge in [-0.05, 0) is 40.7 Å². The van der Waals surface area contributed by atoms with E-state index in [4.69, 9.17) is 0 Å². The number of H-pyrrole nitrogens is 1. The molecule has 0 bridgehead atoms. The normalized spacial score (nSPS) is 10.9. The zero-order valence-electron chi connectivity index (χ0n) is 7.40. The third-order valence-electron chi connectivity index (χ3n) is 2.28. The second kappa shape index (κ2) is 2.96. The van der Waals surface area contributed by atoms with E-state index in [-0.39, 0.29) is 0 Å². The molecule has 3 heteroatoms. The maximum Gasteiger partial charge on any atom is 0.0550 e. The van der Waals surface area contributed by atoms with Crippen molar-refractivity contribution in [2.75, 3.05) is 0 Å². The van der Waals surface area contributed by atoms with Gasteiger partial charge in [-0.3, -0.25) is 0 Å². The third kappa shape index (κ3) is 1.14. The average molecular weight is 200 g/mol. The first kappa shape index (κ1) is 7.76. The van der Waals surface area contributed by atoms with Gasteiger partial charge in [0.15, 0.2) is 0 Å². The van der Waals surface area contributed by atoms with Crippen LogP contribution in [0.5, 0.6) is 0 Å². The quantitative estimate of drug-likeness (QED) is 0.641. The predicted octanol–water partition coefficient (Wildman–Crippen LogP) is 3.29. The molecule has 0 amide bonds. The van der Waals surface area contributed by atoms with Crippen LogP contribution in [0.3, 0.4) is 0 Å². The summed E-state index contributed by atoms with van der Waals surface area (Å²) in [5, 5.41) is 1.25. The molecule has 0 saturated heterocycles. The summed E-state index contributed by atoms with van der Waals surface area (Å²) in [6, 6.07) is 10.5. The first-order chi connectivity index (χ1) is 6.93. The molecule has 3 aromatic rings. The zero-order valence-corrected chi connectivity index (χ0v) is 8.21. The molecule has 2 nitrogen and oxygen atoms in total. The molecule has 0 radical (unpaired) electrons. The smallest absolute Gasteiger partial charge is 0.0550 e. The molecule has 0 aliphatic rings. The van der Waals surface area contributed by atoms with Gasteiger partial charge in [0.05, 0.1) is 4.88 Å². The second-order valence-corrected chi connectivity index (χ2v) is 3.99. The van der Waals surface area contributed by atoms with E-state index in [1.165, 1.54) is 32.9 Å². The molecule has 0 unspecified atom stereocenters. The number of fused-ring (bicyclic) bond motifs is 1. The summed E-state index contributed by atoms with van der Waals surface area (Å²) in [7, 11) is 0. The van der Waals surface area contributed by atoms with Crippen molar-refractivity contribution in [2.24, 2.45) is 0 Å². The molecule has 1 aromatic carbocycles. The standard InChI is InChI=1S/C11H8N2S/c1-2-9(11-4-6-13-14-11)7-10-8(1)3-5-12-10/h1-7,12H. The summed E-state index contributed by atoms with van der Waals surface area (Å²) in [4.78, 5) is 4.42. The molecular weight excluding hydrogens is 192 g/mol. The van der Waals surface area contributed by atoms with Crippen molar-refractivity contribution in [3.8, 4) is 10.4 Å². The van der Waals surface area contributed by atoms with Crippen molar-refractivity contribution in [2.45, 2.75) is 0 Å². The van der Waals surface area contributed by atoms with Crippen LogP contribution >= 0.6 is 11.5 Å². The highest BCUT2D eigenvalue weighted by Crippen LogP contribution is 2.25. The Bertz CT molecular complexity index is 551. The predicted molar refractivity (Wildman–Crippen MR) is 59.4 cm³/mol. The molecule has 0 atom stereocenters.